The number of nitrogens with two attached hydrogens (primary N) is 1. The summed E-state index contributed by atoms with van der Waals surface area (Å²) in [6.07, 6.45) is 1.68. The van der Waals surface area contributed by atoms with E-state index >= 15 is 0 Å². The Morgan fingerprint density at radius 3 is 2.77 bits per heavy atom. The van der Waals surface area contributed by atoms with Gasteiger partial charge in [0.1, 0.15) is 6.61 Å². The summed E-state index contributed by atoms with van der Waals surface area (Å²) >= 11 is 0. The molecule has 0 unspecified atom stereocenters. The molecule has 0 spiro atoms. The highest BCUT2D eigenvalue weighted by Crippen LogP contribution is 2.08. The maximum absolute atomic E-state index is 5.75. The molecular weight excluding hydrogens is 166 g/mol. The molecule has 0 saturated heterocycles. The van der Waals surface area contributed by atoms with Crippen LogP contribution in [0.25, 0.3) is 0 Å². The van der Waals surface area contributed by atoms with Crippen LogP contribution < -0.4 is 10.5 Å². The van der Waals surface area contributed by atoms with E-state index in [4.69, 9.17) is 10.5 Å². The van der Waals surface area contributed by atoms with Crippen LogP contribution in [0.5, 0.6) is 5.88 Å². The molecule has 2 N–H and O–H groups in total. The molecule has 0 bridgehead atoms. The summed E-state index contributed by atoms with van der Waals surface area (Å²) < 4.78 is 5.35. The lowest BCUT2D eigenvalue weighted by Crippen LogP contribution is -2.38. The molecule has 0 saturated carbocycles. The van der Waals surface area contributed by atoms with Gasteiger partial charge in [0, 0.05) is 11.6 Å². The van der Waals surface area contributed by atoms with Crippen molar-refractivity contribution in [3.63, 3.8) is 0 Å². The molecule has 1 heterocycles. The van der Waals surface area contributed by atoms with Crippen LogP contribution in [0.15, 0.2) is 12.3 Å². The van der Waals surface area contributed by atoms with Crippen molar-refractivity contribution in [1.82, 2.24) is 10.2 Å². The van der Waals surface area contributed by atoms with Gasteiger partial charge in [-0.3, -0.25) is 0 Å². The maximum Gasteiger partial charge on any atom is 0.233 e. The molecule has 0 fully saturated rings. The molecule has 72 valence electrons. The van der Waals surface area contributed by atoms with E-state index in [0.717, 1.165) is 5.56 Å². The van der Waals surface area contributed by atoms with Gasteiger partial charge >= 0.3 is 0 Å². The first-order chi connectivity index (χ1) is 5.97. The molecule has 0 atom stereocenters. The zero-order valence-electron chi connectivity index (χ0n) is 8.24. The number of nitrogens with zero attached hydrogens (tertiary/aromatic N) is 2. The molecular formula is C9H15N3O. The van der Waals surface area contributed by atoms with Crippen LogP contribution >= 0.6 is 0 Å². The second-order valence-corrected chi connectivity index (χ2v) is 3.85. The molecule has 1 aromatic rings. The molecule has 0 aromatic carbocycles. The van der Waals surface area contributed by atoms with Crippen LogP contribution in [-0.2, 0) is 0 Å². The highest BCUT2D eigenvalue weighted by Gasteiger charge is 2.11. The number of ether oxygens (including phenoxy) is 1. The van der Waals surface area contributed by atoms with Crippen molar-refractivity contribution in [3.8, 4) is 5.88 Å². The van der Waals surface area contributed by atoms with Crippen molar-refractivity contribution in [1.29, 1.82) is 0 Å². The molecule has 0 radical (unpaired) electrons. The zero-order valence-corrected chi connectivity index (χ0v) is 8.24. The lowest BCUT2D eigenvalue weighted by atomic mass is 10.1. The van der Waals surface area contributed by atoms with Gasteiger partial charge in [0.05, 0.1) is 6.20 Å². The smallest absolute Gasteiger partial charge is 0.233 e. The van der Waals surface area contributed by atoms with Crippen molar-refractivity contribution < 1.29 is 4.74 Å². The van der Waals surface area contributed by atoms with Crippen molar-refractivity contribution in [2.24, 2.45) is 5.73 Å². The Labute approximate surface area is 78.1 Å². The Hall–Kier alpha value is -1.16. The quantitative estimate of drug-likeness (QED) is 0.752. The van der Waals surface area contributed by atoms with E-state index in [9.17, 15) is 0 Å². The largest absolute Gasteiger partial charge is 0.475 e. The van der Waals surface area contributed by atoms with Gasteiger partial charge in [0.25, 0.3) is 0 Å². The molecule has 1 rings (SSSR count). The minimum Gasteiger partial charge on any atom is -0.475 e. The lowest BCUT2D eigenvalue weighted by Gasteiger charge is -2.18. The summed E-state index contributed by atoms with van der Waals surface area (Å²) in [7, 11) is 0. The zero-order chi connectivity index (χ0) is 9.90. The van der Waals surface area contributed by atoms with Crippen LogP contribution in [-0.4, -0.2) is 22.3 Å². The Bertz CT molecular complexity index is 280. The molecule has 1 aromatic heterocycles. The van der Waals surface area contributed by atoms with Crippen molar-refractivity contribution in [2.75, 3.05) is 6.61 Å². The topological polar surface area (TPSA) is 61.0 Å². The minimum absolute atomic E-state index is 0.342. The number of hydrogen-bond donors (Lipinski definition) is 1. The van der Waals surface area contributed by atoms with Gasteiger partial charge in [-0.1, -0.05) is 0 Å². The van der Waals surface area contributed by atoms with E-state index in [2.05, 4.69) is 10.2 Å². The number of rotatable bonds is 3. The Balaban J connectivity index is 2.55. The highest BCUT2D eigenvalue weighted by molar-refractivity contribution is 5.15. The molecule has 4 heteroatoms. The summed E-state index contributed by atoms with van der Waals surface area (Å²) in [5, 5.41) is 7.58. The summed E-state index contributed by atoms with van der Waals surface area (Å²) in [6, 6.07) is 1.83. The van der Waals surface area contributed by atoms with Crippen molar-refractivity contribution >= 4 is 0 Å². The van der Waals surface area contributed by atoms with E-state index in [1.165, 1.54) is 0 Å². The summed E-state index contributed by atoms with van der Waals surface area (Å²) in [5.41, 5.74) is 6.43. The van der Waals surface area contributed by atoms with E-state index in [-0.39, 0.29) is 5.54 Å². The van der Waals surface area contributed by atoms with Gasteiger partial charge in [-0.15, -0.1) is 5.10 Å². The van der Waals surface area contributed by atoms with Gasteiger partial charge in [0.15, 0.2) is 0 Å². The molecule has 0 amide bonds. The molecule has 4 nitrogen and oxygen atoms in total. The maximum atomic E-state index is 5.75. The Morgan fingerprint density at radius 2 is 2.23 bits per heavy atom. The SMILES string of the molecule is Cc1cnnc(OCC(C)(C)N)c1. The second kappa shape index (κ2) is 3.70. The van der Waals surface area contributed by atoms with E-state index in [1.807, 2.05) is 26.8 Å². The minimum atomic E-state index is -0.342. The van der Waals surface area contributed by atoms with Crippen LogP contribution in [0.3, 0.4) is 0 Å². The van der Waals surface area contributed by atoms with Crippen molar-refractivity contribution in [2.45, 2.75) is 26.3 Å². The fourth-order valence-corrected chi connectivity index (χ4v) is 0.768. The first kappa shape index (κ1) is 9.92. The average molecular weight is 181 g/mol. The normalized spacial score (nSPS) is 11.4. The van der Waals surface area contributed by atoms with E-state index < -0.39 is 0 Å². The number of hydrogen-bond acceptors (Lipinski definition) is 4. The predicted molar refractivity (Wildman–Crippen MR) is 50.5 cm³/mol. The summed E-state index contributed by atoms with van der Waals surface area (Å²) in [6.45, 7) is 6.17. The van der Waals surface area contributed by atoms with Gasteiger partial charge in [0.2, 0.25) is 5.88 Å². The third-order valence-electron chi connectivity index (χ3n) is 1.36. The van der Waals surface area contributed by atoms with E-state index in [0.29, 0.717) is 12.5 Å². The average Bonchev–Trinajstić information content (AvgIpc) is 2.00. The molecule has 0 aliphatic rings. The number of aryl methyl sites for hydroxylation is 1. The molecule has 13 heavy (non-hydrogen) atoms. The summed E-state index contributed by atoms with van der Waals surface area (Å²) in [4.78, 5) is 0. The second-order valence-electron chi connectivity index (χ2n) is 3.85. The Morgan fingerprint density at radius 1 is 1.54 bits per heavy atom. The standard InChI is InChI=1S/C9H15N3O/c1-7-4-8(12-11-5-7)13-6-9(2,3)10/h4-5H,6,10H2,1-3H3. The summed E-state index contributed by atoms with van der Waals surface area (Å²) in [5.74, 6) is 0.526. The lowest BCUT2D eigenvalue weighted by molar-refractivity contribution is 0.233. The Kier molecular flexibility index (Phi) is 2.83. The van der Waals surface area contributed by atoms with Gasteiger partial charge in [-0.05, 0) is 26.3 Å². The van der Waals surface area contributed by atoms with Gasteiger partial charge in [-0.25, -0.2) is 0 Å². The molecule has 0 aliphatic carbocycles. The van der Waals surface area contributed by atoms with Crippen LogP contribution in [0.2, 0.25) is 0 Å². The fourth-order valence-electron chi connectivity index (χ4n) is 0.768. The first-order valence-corrected chi connectivity index (χ1v) is 4.18. The third kappa shape index (κ3) is 3.85. The van der Waals surface area contributed by atoms with Gasteiger partial charge < -0.3 is 10.5 Å². The third-order valence-corrected chi connectivity index (χ3v) is 1.36. The van der Waals surface area contributed by atoms with Crippen LogP contribution in [0, 0.1) is 6.92 Å². The fraction of sp³-hybridized carbons (Fsp3) is 0.556. The highest BCUT2D eigenvalue weighted by atomic mass is 16.5. The predicted octanol–water partition coefficient (Wildman–Crippen LogP) is 0.901. The monoisotopic (exact) mass is 181 g/mol. The van der Waals surface area contributed by atoms with Gasteiger partial charge in [-0.2, -0.15) is 5.10 Å². The van der Waals surface area contributed by atoms with Crippen molar-refractivity contribution in [3.05, 3.63) is 17.8 Å². The van der Waals surface area contributed by atoms with Crippen LogP contribution in [0.1, 0.15) is 19.4 Å². The first-order valence-electron chi connectivity index (χ1n) is 4.18. The van der Waals surface area contributed by atoms with Crippen LogP contribution in [0.4, 0.5) is 0 Å². The number of aromatic nitrogens is 2. The van der Waals surface area contributed by atoms with E-state index in [1.54, 1.807) is 6.20 Å². The molecule has 0 aliphatic heterocycles.